The highest BCUT2D eigenvalue weighted by Crippen LogP contribution is 2.20. The Morgan fingerprint density at radius 2 is 1.59 bits per heavy atom. The number of benzene rings is 2. The molecule has 0 bridgehead atoms. The predicted molar refractivity (Wildman–Crippen MR) is 149 cm³/mol. The van der Waals surface area contributed by atoms with Gasteiger partial charge < -0.3 is 10.6 Å². The molecule has 0 fully saturated rings. The molecule has 0 saturated heterocycles. The number of carbonyl (C=O) groups is 3. The average molecular weight is 549 g/mol. The molecule has 9 nitrogen and oxygen atoms in total. The molecule has 2 aromatic carbocycles. The Bertz CT molecular complexity index is 1660. The van der Waals surface area contributed by atoms with Crippen molar-refractivity contribution >= 4 is 17.6 Å². The fourth-order valence-corrected chi connectivity index (χ4v) is 4.19. The van der Waals surface area contributed by atoms with Crippen LogP contribution < -0.4 is 10.6 Å². The van der Waals surface area contributed by atoms with Gasteiger partial charge in [-0.15, -0.1) is 0 Å². The number of halogens is 1. The number of carbonyl (C=O) groups excluding carboxylic acids is 3. The standard InChI is InChI=1S/C31H25FN6O3/c32-23-13-11-22(12-14-23)26-15-18-38(37-26)29-25(10-6-17-34-29)30(40)36-27(19-21-7-2-1-3-8-21)28(39)31(41)35-20-24-9-4-5-16-33-24/h1-18,27H,19-20H2,(H,35,41)(H,36,40)/t27-/m1/s1. The first-order valence-electron chi connectivity index (χ1n) is 12.8. The van der Waals surface area contributed by atoms with Gasteiger partial charge in [-0.3, -0.25) is 19.4 Å². The smallest absolute Gasteiger partial charge is 0.289 e. The quantitative estimate of drug-likeness (QED) is 0.257. The lowest BCUT2D eigenvalue weighted by Gasteiger charge is -2.18. The summed E-state index contributed by atoms with van der Waals surface area (Å²) in [4.78, 5) is 48.1. The Labute approximate surface area is 235 Å². The summed E-state index contributed by atoms with van der Waals surface area (Å²) in [6.45, 7) is 0.0693. The Kier molecular flexibility index (Phi) is 8.30. The van der Waals surface area contributed by atoms with Crippen LogP contribution in [-0.2, 0) is 22.6 Å². The Morgan fingerprint density at radius 1 is 0.829 bits per heavy atom. The van der Waals surface area contributed by atoms with Gasteiger partial charge in [0.1, 0.15) is 11.9 Å². The van der Waals surface area contributed by atoms with Crippen LogP contribution in [0.1, 0.15) is 21.6 Å². The molecule has 10 heteroatoms. The van der Waals surface area contributed by atoms with Gasteiger partial charge in [0.15, 0.2) is 5.82 Å². The van der Waals surface area contributed by atoms with Crippen molar-refractivity contribution < 1.29 is 18.8 Å². The van der Waals surface area contributed by atoms with Crippen LogP contribution >= 0.6 is 0 Å². The second kappa shape index (κ2) is 12.6. The van der Waals surface area contributed by atoms with Crippen LogP contribution in [0.3, 0.4) is 0 Å². The number of hydrogen-bond acceptors (Lipinski definition) is 6. The number of nitrogens with zero attached hydrogens (tertiary/aromatic N) is 4. The van der Waals surface area contributed by atoms with Gasteiger partial charge in [-0.25, -0.2) is 14.1 Å². The largest absolute Gasteiger partial charge is 0.344 e. The van der Waals surface area contributed by atoms with Crippen LogP contribution in [0.2, 0.25) is 0 Å². The Hall–Kier alpha value is -5.51. The Morgan fingerprint density at radius 3 is 2.34 bits per heavy atom. The van der Waals surface area contributed by atoms with Crippen molar-refractivity contribution in [3.8, 4) is 17.1 Å². The second-order valence-electron chi connectivity index (χ2n) is 9.11. The van der Waals surface area contributed by atoms with Crippen molar-refractivity contribution in [2.75, 3.05) is 0 Å². The second-order valence-corrected chi connectivity index (χ2v) is 9.11. The SMILES string of the molecule is O=C(NCc1ccccn1)C(=O)[C@@H](Cc1ccccc1)NC(=O)c1cccnc1-n1ccc(-c2ccc(F)cc2)n1. The third-order valence-electron chi connectivity index (χ3n) is 6.26. The number of ketones is 1. The molecule has 3 aromatic heterocycles. The third-order valence-corrected chi connectivity index (χ3v) is 6.26. The highest BCUT2D eigenvalue weighted by Gasteiger charge is 2.28. The van der Waals surface area contributed by atoms with Crippen LogP contribution in [0.25, 0.3) is 17.1 Å². The number of aromatic nitrogens is 4. The van der Waals surface area contributed by atoms with Crippen molar-refractivity contribution in [3.05, 3.63) is 132 Å². The van der Waals surface area contributed by atoms with E-state index in [4.69, 9.17) is 0 Å². The van der Waals surface area contributed by atoms with Crippen molar-refractivity contribution in [2.24, 2.45) is 0 Å². The van der Waals surface area contributed by atoms with E-state index in [0.29, 0.717) is 17.0 Å². The molecule has 2 amide bonds. The lowest BCUT2D eigenvalue weighted by Crippen LogP contribution is -2.48. The number of pyridine rings is 2. The van der Waals surface area contributed by atoms with Crippen molar-refractivity contribution in [1.82, 2.24) is 30.4 Å². The molecule has 5 aromatic rings. The average Bonchev–Trinajstić information content (AvgIpc) is 3.51. The molecule has 0 saturated carbocycles. The predicted octanol–water partition coefficient (Wildman–Crippen LogP) is 3.70. The zero-order valence-electron chi connectivity index (χ0n) is 21.8. The molecule has 0 aliphatic carbocycles. The molecular formula is C31H25FN6O3. The number of hydrogen-bond donors (Lipinski definition) is 2. The van der Waals surface area contributed by atoms with Gasteiger partial charge in [0.2, 0.25) is 5.78 Å². The summed E-state index contributed by atoms with van der Waals surface area (Å²) in [7, 11) is 0. The highest BCUT2D eigenvalue weighted by atomic mass is 19.1. The third kappa shape index (κ3) is 6.74. The number of Topliss-reactive ketones (excluding diaryl/α,β-unsaturated/α-hetero) is 1. The van der Waals surface area contributed by atoms with Gasteiger partial charge in [-0.2, -0.15) is 5.10 Å². The van der Waals surface area contributed by atoms with Crippen molar-refractivity contribution in [1.29, 1.82) is 0 Å². The first kappa shape index (κ1) is 27.1. The molecule has 3 heterocycles. The Balaban J connectivity index is 1.37. The van der Waals surface area contributed by atoms with E-state index in [1.165, 1.54) is 23.0 Å². The van der Waals surface area contributed by atoms with Crippen LogP contribution in [-0.4, -0.2) is 43.4 Å². The summed E-state index contributed by atoms with van der Waals surface area (Å²) in [5, 5.41) is 9.81. The van der Waals surface area contributed by atoms with Crippen LogP contribution in [0, 0.1) is 5.82 Å². The van der Waals surface area contributed by atoms with E-state index >= 15 is 0 Å². The summed E-state index contributed by atoms with van der Waals surface area (Å²) in [6.07, 6.45) is 4.85. The van der Waals surface area contributed by atoms with E-state index in [1.807, 2.05) is 30.3 Å². The maximum atomic E-state index is 13.5. The topological polar surface area (TPSA) is 119 Å². The number of amides is 2. The minimum Gasteiger partial charge on any atom is -0.344 e. The summed E-state index contributed by atoms with van der Waals surface area (Å²) >= 11 is 0. The van der Waals surface area contributed by atoms with Gasteiger partial charge in [0, 0.05) is 30.6 Å². The first-order valence-corrected chi connectivity index (χ1v) is 12.8. The van der Waals surface area contributed by atoms with Gasteiger partial charge in [0.25, 0.3) is 11.8 Å². The minimum absolute atomic E-state index is 0.0693. The van der Waals surface area contributed by atoms with E-state index < -0.39 is 23.6 Å². The molecule has 0 aliphatic heterocycles. The molecular weight excluding hydrogens is 523 g/mol. The summed E-state index contributed by atoms with van der Waals surface area (Å²) in [6, 6.07) is 24.0. The summed E-state index contributed by atoms with van der Waals surface area (Å²) < 4.78 is 14.8. The maximum Gasteiger partial charge on any atom is 0.289 e. The maximum absolute atomic E-state index is 13.5. The summed E-state index contributed by atoms with van der Waals surface area (Å²) in [5.41, 5.74) is 2.77. The molecule has 204 valence electrons. The van der Waals surface area contributed by atoms with Gasteiger partial charge >= 0.3 is 0 Å². The zero-order chi connectivity index (χ0) is 28.6. The van der Waals surface area contributed by atoms with E-state index in [9.17, 15) is 18.8 Å². The van der Waals surface area contributed by atoms with Crippen molar-refractivity contribution in [3.63, 3.8) is 0 Å². The summed E-state index contributed by atoms with van der Waals surface area (Å²) in [5.74, 6) is -2.36. The van der Waals surface area contributed by atoms with Gasteiger partial charge in [-0.05, 0) is 60.2 Å². The number of rotatable bonds is 10. The van der Waals surface area contributed by atoms with Crippen LogP contribution in [0.4, 0.5) is 4.39 Å². The molecule has 2 N–H and O–H groups in total. The molecule has 0 aliphatic rings. The van der Waals surface area contributed by atoms with E-state index in [-0.39, 0.29) is 30.2 Å². The molecule has 1 atom stereocenters. The van der Waals surface area contributed by atoms with E-state index in [0.717, 1.165) is 5.56 Å². The molecule has 0 spiro atoms. The zero-order valence-corrected chi connectivity index (χ0v) is 21.8. The number of nitrogens with one attached hydrogen (secondary N) is 2. The normalized spacial score (nSPS) is 11.4. The first-order chi connectivity index (χ1) is 20.0. The van der Waals surface area contributed by atoms with Crippen LogP contribution in [0.5, 0.6) is 0 Å². The fraction of sp³-hybridized carbons (Fsp3) is 0.0968. The van der Waals surface area contributed by atoms with E-state index in [1.54, 1.807) is 60.9 Å². The monoisotopic (exact) mass is 548 g/mol. The lowest BCUT2D eigenvalue weighted by atomic mass is 10.0. The van der Waals surface area contributed by atoms with Crippen LogP contribution in [0.15, 0.2) is 110 Å². The lowest BCUT2D eigenvalue weighted by molar-refractivity contribution is -0.139. The van der Waals surface area contributed by atoms with Crippen molar-refractivity contribution in [2.45, 2.75) is 19.0 Å². The van der Waals surface area contributed by atoms with E-state index in [2.05, 4.69) is 25.7 Å². The highest BCUT2D eigenvalue weighted by molar-refractivity contribution is 6.38. The molecule has 5 rings (SSSR count). The minimum atomic E-state index is -1.14. The van der Waals surface area contributed by atoms with Gasteiger partial charge in [0.05, 0.1) is 23.5 Å². The fourth-order valence-electron chi connectivity index (χ4n) is 4.19. The molecule has 0 unspecified atom stereocenters. The molecule has 41 heavy (non-hydrogen) atoms. The molecule has 0 radical (unpaired) electrons. The van der Waals surface area contributed by atoms with Gasteiger partial charge in [-0.1, -0.05) is 36.4 Å².